The highest BCUT2D eigenvalue weighted by atomic mass is 16.2. The van der Waals surface area contributed by atoms with Crippen LogP contribution in [0, 0.1) is 11.3 Å². The monoisotopic (exact) mass is 362 g/mol. The molecule has 1 saturated heterocycles. The molecular weight excluding hydrogens is 336 g/mol. The molecule has 0 aromatic heterocycles. The summed E-state index contributed by atoms with van der Waals surface area (Å²) >= 11 is 0. The highest BCUT2D eigenvalue weighted by Crippen LogP contribution is 2.13. The molecule has 0 radical (unpaired) electrons. The first kappa shape index (κ1) is 19.1. The summed E-state index contributed by atoms with van der Waals surface area (Å²) in [6, 6.07) is 19.4. The van der Waals surface area contributed by atoms with E-state index in [1.165, 1.54) is 5.56 Å². The van der Waals surface area contributed by atoms with Crippen LogP contribution in [0.1, 0.15) is 24.5 Å². The minimum Gasteiger partial charge on any atom is -0.325 e. The van der Waals surface area contributed by atoms with E-state index >= 15 is 0 Å². The SMILES string of the molecule is CC(C(=O)Nc1ccccc1)N1CCCN(Cc2ccc(C#N)cc2)CC1. The van der Waals surface area contributed by atoms with Crippen molar-refractivity contribution in [3.05, 3.63) is 65.7 Å². The predicted octanol–water partition coefficient (Wildman–Crippen LogP) is 3.09. The number of benzene rings is 2. The summed E-state index contributed by atoms with van der Waals surface area (Å²) in [6.07, 6.45) is 1.04. The van der Waals surface area contributed by atoms with Crippen molar-refractivity contribution < 1.29 is 4.79 Å². The first-order valence-corrected chi connectivity index (χ1v) is 9.47. The van der Waals surface area contributed by atoms with Gasteiger partial charge in [0.1, 0.15) is 0 Å². The lowest BCUT2D eigenvalue weighted by Gasteiger charge is -2.27. The van der Waals surface area contributed by atoms with Gasteiger partial charge in [-0.3, -0.25) is 14.6 Å². The Labute approximate surface area is 161 Å². The van der Waals surface area contributed by atoms with Crippen LogP contribution in [0.2, 0.25) is 0 Å². The maximum atomic E-state index is 12.6. The summed E-state index contributed by atoms with van der Waals surface area (Å²) in [5, 5.41) is 11.9. The molecule has 5 heteroatoms. The van der Waals surface area contributed by atoms with Crippen LogP contribution in [0.15, 0.2) is 54.6 Å². The summed E-state index contributed by atoms with van der Waals surface area (Å²) in [6.45, 7) is 6.61. The molecule has 5 nitrogen and oxygen atoms in total. The normalized spacial score (nSPS) is 16.9. The van der Waals surface area contributed by atoms with E-state index in [1.807, 2.05) is 61.5 Å². The molecule has 1 amide bonds. The number of carbonyl (C=O) groups is 1. The molecule has 1 fully saturated rings. The average Bonchev–Trinajstić information content (AvgIpc) is 2.94. The Bertz CT molecular complexity index is 782. The highest BCUT2D eigenvalue weighted by Gasteiger charge is 2.24. The first-order valence-electron chi connectivity index (χ1n) is 9.47. The zero-order valence-corrected chi connectivity index (χ0v) is 15.8. The van der Waals surface area contributed by atoms with Crippen LogP contribution in [-0.4, -0.2) is 47.9 Å². The molecule has 0 saturated carbocycles. The molecule has 1 atom stereocenters. The van der Waals surface area contributed by atoms with E-state index in [1.54, 1.807) is 0 Å². The minimum atomic E-state index is -0.153. The number of rotatable bonds is 5. The Kier molecular flexibility index (Phi) is 6.59. The van der Waals surface area contributed by atoms with Crippen LogP contribution in [-0.2, 0) is 11.3 Å². The molecule has 3 rings (SSSR count). The third-order valence-electron chi connectivity index (χ3n) is 5.08. The molecule has 1 heterocycles. The van der Waals surface area contributed by atoms with E-state index in [-0.39, 0.29) is 11.9 Å². The van der Waals surface area contributed by atoms with Crippen LogP contribution >= 0.6 is 0 Å². The third kappa shape index (κ3) is 5.40. The van der Waals surface area contributed by atoms with Crippen LogP contribution in [0.25, 0.3) is 0 Å². The van der Waals surface area contributed by atoms with Gasteiger partial charge in [0.05, 0.1) is 17.7 Å². The maximum absolute atomic E-state index is 12.6. The molecule has 2 aromatic carbocycles. The van der Waals surface area contributed by atoms with Gasteiger partial charge in [0.15, 0.2) is 0 Å². The van der Waals surface area contributed by atoms with Crippen molar-refractivity contribution in [1.82, 2.24) is 9.80 Å². The second-order valence-electron chi connectivity index (χ2n) is 7.01. The zero-order valence-electron chi connectivity index (χ0n) is 15.8. The van der Waals surface area contributed by atoms with Gasteiger partial charge < -0.3 is 5.32 Å². The van der Waals surface area contributed by atoms with E-state index < -0.39 is 0 Å². The molecule has 1 aliphatic heterocycles. The van der Waals surface area contributed by atoms with Gasteiger partial charge in [-0.1, -0.05) is 30.3 Å². The van der Waals surface area contributed by atoms with Gasteiger partial charge in [-0.2, -0.15) is 5.26 Å². The smallest absolute Gasteiger partial charge is 0.241 e. The Morgan fingerprint density at radius 1 is 1.07 bits per heavy atom. The minimum absolute atomic E-state index is 0.0433. The summed E-state index contributed by atoms with van der Waals surface area (Å²) in [5.41, 5.74) is 2.75. The van der Waals surface area contributed by atoms with Gasteiger partial charge in [-0.25, -0.2) is 0 Å². The Morgan fingerprint density at radius 2 is 1.81 bits per heavy atom. The Morgan fingerprint density at radius 3 is 2.52 bits per heavy atom. The van der Waals surface area contributed by atoms with Crippen molar-refractivity contribution >= 4 is 11.6 Å². The van der Waals surface area contributed by atoms with Crippen LogP contribution in [0.5, 0.6) is 0 Å². The molecule has 0 bridgehead atoms. The number of carbonyl (C=O) groups excluding carboxylic acids is 1. The Hall–Kier alpha value is -2.68. The molecule has 27 heavy (non-hydrogen) atoms. The maximum Gasteiger partial charge on any atom is 0.241 e. The fourth-order valence-corrected chi connectivity index (χ4v) is 3.41. The summed E-state index contributed by atoms with van der Waals surface area (Å²) in [4.78, 5) is 17.2. The molecule has 140 valence electrons. The number of nitriles is 1. The second-order valence-corrected chi connectivity index (χ2v) is 7.01. The topological polar surface area (TPSA) is 59.4 Å². The number of hydrogen-bond donors (Lipinski definition) is 1. The van der Waals surface area contributed by atoms with E-state index in [4.69, 9.17) is 5.26 Å². The molecule has 2 aromatic rings. The number of nitrogens with zero attached hydrogens (tertiary/aromatic N) is 3. The quantitative estimate of drug-likeness (QED) is 0.888. The van der Waals surface area contributed by atoms with E-state index in [0.29, 0.717) is 5.56 Å². The van der Waals surface area contributed by atoms with Crippen LogP contribution in [0.4, 0.5) is 5.69 Å². The van der Waals surface area contributed by atoms with Crippen molar-refractivity contribution in [2.45, 2.75) is 25.9 Å². The van der Waals surface area contributed by atoms with Crippen molar-refractivity contribution in [2.75, 3.05) is 31.5 Å². The van der Waals surface area contributed by atoms with Gasteiger partial charge >= 0.3 is 0 Å². The number of hydrogen-bond acceptors (Lipinski definition) is 4. The lowest BCUT2D eigenvalue weighted by Crippen LogP contribution is -2.43. The zero-order chi connectivity index (χ0) is 19.1. The molecule has 1 unspecified atom stereocenters. The van der Waals surface area contributed by atoms with Crippen molar-refractivity contribution in [1.29, 1.82) is 5.26 Å². The second kappa shape index (κ2) is 9.31. The predicted molar refractivity (Wildman–Crippen MR) is 107 cm³/mol. The Balaban J connectivity index is 1.52. The molecule has 1 aliphatic rings. The van der Waals surface area contributed by atoms with Crippen molar-refractivity contribution in [2.24, 2.45) is 0 Å². The van der Waals surface area contributed by atoms with Gasteiger partial charge in [-0.05, 0) is 49.7 Å². The average molecular weight is 362 g/mol. The fourth-order valence-electron chi connectivity index (χ4n) is 3.41. The molecule has 1 N–H and O–H groups in total. The van der Waals surface area contributed by atoms with Gasteiger partial charge in [0.25, 0.3) is 0 Å². The van der Waals surface area contributed by atoms with E-state index in [9.17, 15) is 4.79 Å². The van der Waals surface area contributed by atoms with E-state index in [0.717, 1.165) is 44.8 Å². The summed E-state index contributed by atoms with van der Waals surface area (Å²) < 4.78 is 0. The van der Waals surface area contributed by atoms with Gasteiger partial charge in [0.2, 0.25) is 5.91 Å². The van der Waals surface area contributed by atoms with Gasteiger partial charge in [-0.15, -0.1) is 0 Å². The first-order chi connectivity index (χ1) is 13.2. The lowest BCUT2D eigenvalue weighted by atomic mass is 10.1. The standard InChI is InChI=1S/C22H26N4O/c1-18(22(27)24-21-6-3-2-4-7-21)26-13-5-12-25(14-15-26)17-20-10-8-19(16-23)9-11-20/h2-4,6-11,18H,5,12-15,17H2,1H3,(H,24,27). The summed E-state index contributed by atoms with van der Waals surface area (Å²) in [5.74, 6) is 0.0433. The third-order valence-corrected chi connectivity index (χ3v) is 5.08. The largest absolute Gasteiger partial charge is 0.325 e. The van der Waals surface area contributed by atoms with Crippen LogP contribution < -0.4 is 5.32 Å². The van der Waals surface area contributed by atoms with E-state index in [2.05, 4.69) is 21.2 Å². The van der Waals surface area contributed by atoms with Crippen molar-refractivity contribution in [3.63, 3.8) is 0 Å². The van der Waals surface area contributed by atoms with Crippen LogP contribution in [0.3, 0.4) is 0 Å². The molecule has 0 aliphatic carbocycles. The van der Waals surface area contributed by atoms with Crippen molar-refractivity contribution in [3.8, 4) is 6.07 Å². The number of amides is 1. The lowest BCUT2D eigenvalue weighted by molar-refractivity contribution is -0.120. The fraction of sp³-hybridized carbons (Fsp3) is 0.364. The summed E-state index contributed by atoms with van der Waals surface area (Å²) in [7, 11) is 0. The molecule has 0 spiro atoms. The number of anilines is 1. The number of nitrogens with one attached hydrogen (secondary N) is 1. The highest BCUT2D eigenvalue weighted by molar-refractivity contribution is 5.94. The molecular formula is C22H26N4O. The van der Waals surface area contributed by atoms with Gasteiger partial charge in [0, 0.05) is 31.9 Å². The number of para-hydroxylation sites is 1.